The molecule has 1 aromatic rings. The Kier molecular flexibility index (Phi) is 4.08. The number of hydrogen-bond donors (Lipinski definition) is 2. The zero-order valence-corrected chi connectivity index (χ0v) is 10.5. The van der Waals surface area contributed by atoms with Gasteiger partial charge in [-0.1, -0.05) is 37.3 Å². The van der Waals surface area contributed by atoms with Gasteiger partial charge >= 0.3 is 0 Å². The number of rotatable bonds is 5. The summed E-state index contributed by atoms with van der Waals surface area (Å²) < 4.78 is 0. The van der Waals surface area contributed by atoms with Crippen LogP contribution in [0.5, 0.6) is 0 Å². The third kappa shape index (κ3) is 3.26. The summed E-state index contributed by atoms with van der Waals surface area (Å²) in [6, 6.07) is 10.8. The average molecular weight is 230 g/mol. The lowest BCUT2D eigenvalue weighted by atomic mass is 9.89. The van der Waals surface area contributed by atoms with Crippen molar-refractivity contribution >= 4 is 0 Å². The van der Waals surface area contributed by atoms with Crippen LogP contribution in [0.4, 0.5) is 0 Å². The number of nitrogens with two attached hydrogens (primary N) is 1. The summed E-state index contributed by atoms with van der Waals surface area (Å²) in [7, 11) is 0. The molecule has 1 aromatic carbocycles. The molecule has 0 fully saturated rings. The van der Waals surface area contributed by atoms with Gasteiger partial charge in [0.05, 0.1) is 5.82 Å². The monoisotopic (exact) mass is 230 g/mol. The SMILES string of the molecule is CCC(CC[C@H]1C=C(N)NC1)c1ccccc1. The molecule has 2 atom stereocenters. The molecule has 17 heavy (non-hydrogen) atoms. The molecule has 0 saturated carbocycles. The second kappa shape index (κ2) is 5.76. The van der Waals surface area contributed by atoms with E-state index in [1.54, 1.807) is 0 Å². The summed E-state index contributed by atoms with van der Waals surface area (Å²) in [4.78, 5) is 0. The van der Waals surface area contributed by atoms with Crippen LogP contribution in [0.3, 0.4) is 0 Å². The number of nitrogens with one attached hydrogen (secondary N) is 1. The van der Waals surface area contributed by atoms with Gasteiger partial charge in [0, 0.05) is 6.54 Å². The molecule has 2 rings (SSSR count). The lowest BCUT2D eigenvalue weighted by molar-refractivity contribution is 0.502. The average Bonchev–Trinajstić information content (AvgIpc) is 2.77. The van der Waals surface area contributed by atoms with Crippen molar-refractivity contribution in [3.8, 4) is 0 Å². The molecule has 2 nitrogen and oxygen atoms in total. The van der Waals surface area contributed by atoms with Gasteiger partial charge in [-0.2, -0.15) is 0 Å². The Labute approximate surface area is 104 Å². The first-order valence-corrected chi connectivity index (χ1v) is 6.55. The van der Waals surface area contributed by atoms with Crippen LogP contribution in [0.15, 0.2) is 42.2 Å². The normalized spacial score (nSPS) is 20.8. The third-order valence-electron chi connectivity index (χ3n) is 3.63. The third-order valence-corrected chi connectivity index (χ3v) is 3.63. The highest BCUT2D eigenvalue weighted by Gasteiger charge is 2.16. The van der Waals surface area contributed by atoms with Crippen molar-refractivity contribution in [2.45, 2.75) is 32.1 Å². The van der Waals surface area contributed by atoms with Crippen molar-refractivity contribution < 1.29 is 0 Å². The van der Waals surface area contributed by atoms with Crippen LogP contribution in [0.2, 0.25) is 0 Å². The first kappa shape index (κ1) is 12.0. The zero-order valence-electron chi connectivity index (χ0n) is 10.5. The molecule has 0 saturated heterocycles. The number of benzene rings is 1. The van der Waals surface area contributed by atoms with Gasteiger partial charge in [0.2, 0.25) is 0 Å². The minimum absolute atomic E-state index is 0.618. The highest BCUT2D eigenvalue weighted by molar-refractivity contribution is 5.19. The van der Waals surface area contributed by atoms with Gasteiger partial charge in [0.15, 0.2) is 0 Å². The maximum atomic E-state index is 5.73. The van der Waals surface area contributed by atoms with Gasteiger partial charge in [-0.15, -0.1) is 0 Å². The molecule has 1 unspecified atom stereocenters. The van der Waals surface area contributed by atoms with E-state index in [-0.39, 0.29) is 0 Å². The van der Waals surface area contributed by atoms with Gasteiger partial charge in [0.25, 0.3) is 0 Å². The highest BCUT2D eigenvalue weighted by Crippen LogP contribution is 2.27. The van der Waals surface area contributed by atoms with Gasteiger partial charge in [-0.3, -0.25) is 0 Å². The number of hydrogen-bond acceptors (Lipinski definition) is 2. The first-order chi connectivity index (χ1) is 8.29. The lowest BCUT2D eigenvalue weighted by Crippen LogP contribution is -2.16. The fraction of sp³-hybridized carbons (Fsp3) is 0.467. The molecule has 92 valence electrons. The molecule has 0 bridgehead atoms. The highest BCUT2D eigenvalue weighted by atomic mass is 15.0. The smallest absolute Gasteiger partial charge is 0.0922 e. The van der Waals surface area contributed by atoms with Gasteiger partial charge in [-0.05, 0) is 42.7 Å². The van der Waals surface area contributed by atoms with Crippen LogP contribution in [0.1, 0.15) is 37.7 Å². The summed E-state index contributed by atoms with van der Waals surface area (Å²) in [6.07, 6.45) is 5.85. The lowest BCUT2D eigenvalue weighted by Gasteiger charge is -2.16. The Hall–Kier alpha value is -1.44. The summed E-state index contributed by atoms with van der Waals surface area (Å²) in [6.45, 7) is 3.28. The van der Waals surface area contributed by atoms with Crippen molar-refractivity contribution in [1.82, 2.24) is 5.32 Å². The molecule has 1 heterocycles. The van der Waals surface area contributed by atoms with E-state index in [0.717, 1.165) is 12.4 Å². The predicted molar refractivity (Wildman–Crippen MR) is 72.5 cm³/mol. The maximum absolute atomic E-state index is 5.73. The molecular formula is C15H22N2. The molecule has 3 N–H and O–H groups in total. The summed E-state index contributed by atoms with van der Waals surface area (Å²) in [5.41, 5.74) is 7.20. The quantitative estimate of drug-likeness (QED) is 0.816. The Balaban J connectivity index is 1.88. The molecule has 2 heteroatoms. The zero-order chi connectivity index (χ0) is 12.1. The summed E-state index contributed by atoms with van der Waals surface area (Å²) in [5, 5.41) is 3.19. The van der Waals surface area contributed by atoms with Crippen LogP contribution >= 0.6 is 0 Å². The van der Waals surface area contributed by atoms with Crippen molar-refractivity contribution in [2.75, 3.05) is 6.54 Å². The minimum Gasteiger partial charge on any atom is -0.386 e. The summed E-state index contributed by atoms with van der Waals surface area (Å²) in [5.74, 6) is 2.15. The second-order valence-corrected chi connectivity index (χ2v) is 4.86. The Bertz CT molecular complexity index is 370. The topological polar surface area (TPSA) is 38.0 Å². The van der Waals surface area contributed by atoms with Crippen molar-refractivity contribution in [1.29, 1.82) is 0 Å². The van der Waals surface area contributed by atoms with E-state index in [9.17, 15) is 0 Å². The largest absolute Gasteiger partial charge is 0.386 e. The first-order valence-electron chi connectivity index (χ1n) is 6.55. The van der Waals surface area contributed by atoms with E-state index in [1.165, 1.54) is 24.8 Å². The molecule has 0 aromatic heterocycles. The van der Waals surface area contributed by atoms with E-state index >= 15 is 0 Å². The van der Waals surface area contributed by atoms with Crippen LogP contribution < -0.4 is 11.1 Å². The van der Waals surface area contributed by atoms with E-state index < -0.39 is 0 Å². The van der Waals surface area contributed by atoms with Crippen LogP contribution in [-0.4, -0.2) is 6.54 Å². The summed E-state index contributed by atoms with van der Waals surface area (Å²) >= 11 is 0. The van der Waals surface area contributed by atoms with Crippen LogP contribution in [0.25, 0.3) is 0 Å². The van der Waals surface area contributed by atoms with Gasteiger partial charge < -0.3 is 11.1 Å². The second-order valence-electron chi connectivity index (χ2n) is 4.86. The van der Waals surface area contributed by atoms with Gasteiger partial charge in [0.1, 0.15) is 0 Å². The molecule has 0 radical (unpaired) electrons. The van der Waals surface area contributed by atoms with Crippen molar-refractivity contribution in [3.05, 3.63) is 47.8 Å². The Morgan fingerprint density at radius 3 is 2.71 bits per heavy atom. The maximum Gasteiger partial charge on any atom is 0.0922 e. The standard InChI is InChI=1S/C15H22N2/c1-2-13(14-6-4-3-5-7-14)9-8-12-10-15(16)17-11-12/h3-7,10,12-13,17H,2,8-9,11,16H2,1H3/t12-,13?/m0/s1. The van der Waals surface area contributed by atoms with Crippen molar-refractivity contribution in [2.24, 2.45) is 11.7 Å². The molecule has 0 amide bonds. The predicted octanol–water partition coefficient (Wildman–Crippen LogP) is 2.98. The Morgan fingerprint density at radius 1 is 1.35 bits per heavy atom. The van der Waals surface area contributed by atoms with Crippen LogP contribution in [0, 0.1) is 5.92 Å². The molecule has 1 aliphatic heterocycles. The minimum atomic E-state index is 0.618. The van der Waals surface area contributed by atoms with Crippen LogP contribution in [-0.2, 0) is 0 Å². The fourth-order valence-electron chi connectivity index (χ4n) is 2.55. The van der Waals surface area contributed by atoms with Crippen molar-refractivity contribution in [3.63, 3.8) is 0 Å². The molecule has 0 spiro atoms. The van der Waals surface area contributed by atoms with E-state index in [4.69, 9.17) is 5.73 Å². The molecule has 1 aliphatic rings. The fourth-order valence-corrected chi connectivity index (χ4v) is 2.55. The van der Waals surface area contributed by atoms with E-state index in [0.29, 0.717) is 11.8 Å². The van der Waals surface area contributed by atoms with Gasteiger partial charge in [-0.25, -0.2) is 0 Å². The Morgan fingerprint density at radius 2 is 2.12 bits per heavy atom. The molecule has 0 aliphatic carbocycles. The molecular weight excluding hydrogens is 208 g/mol. The van der Waals surface area contributed by atoms with E-state index in [2.05, 4.69) is 48.6 Å². The van der Waals surface area contributed by atoms with E-state index in [1.807, 2.05) is 0 Å².